The summed E-state index contributed by atoms with van der Waals surface area (Å²) in [5.41, 5.74) is -1.45. The summed E-state index contributed by atoms with van der Waals surface area (Å²) in [6, 6.07) is 0. The number of amides is 1. The lowest BCUT2D eigenvalue weighted by atomic mass is 9.99. The van der Waals surface area contributed by atoms with E-state index < -0.39 is 17.2 Å². The summed E-state index contributed by atoms with van der Waals surface area (Å²) in [6.45, 7) is 6.88. The Kier molecular flexibility index (Phi) is 4.24. The van der Waals surface area contributed by atoms with Crippen molar-refractivity contribution >= 4 is 12.4 Å². The molecule has 1 heterocycles. The molecule has 0 radical (unpaired) electrons. The van der Waals surface area contributed by atoms with E-state index in [-0.39, 0.29) is 0 Å². The standard InChI is InChI=1S/C13H19N3O3/c1-12(2,3)19-11(18)16(5)13(4,9-17)10-8-14-6-7-15-10/h6-9H,1-5H3. The van der Waals surface area contributed by atoms with E-state index >= 15 is 0 Å². The Morgan fingerprint density at radius 3 is 2.37 bits per heavy atom. The largest absolute Gasteiger partial charge is 0.444 e. The predicted molar refractivity (Wildman–Crippen MR) is 69.4 cm³/mol. The van der Waals surface area contributed by atoms with Gasteiger partial charge in [-0.25, -0.2) is 4.79 Å². The van der Waals surface area contributed by atoms with Crippen LogP contribution in [-0.4, -0.2) is 39.9 Å². The molecule has 1 rings (SSSR count). The minimum atomic E-state index is -1.21. The maximum Gasteiger partial charge on any atom is 0.411 e. The van der Waals surface area contributed by atoms with Crippen LogP contribution in [0, 0.1) is 0 Å². The highest BCUT2D eigenvalue weighted by atomic mass is 16.6. The first kappa shape index (κ1) is 15.1. The van der Waals surface area contributed by atoms with Crippen LogP contribution in [0.3, 0.4) is 0 Å². The number of likely N-dealkylation sites (N-methyl/N-ethyl adjacent to an activating group) is 1. The summed E-state index contributed by atoms with van der Waals surface area (Å²) < 4.78 is 5.25. The van der Waals surface area contributed by atoms with Crippen molar-refractivity contribution in [2.75, 3.05) is 7.05 Å². The van der Waals surface area contributed by atoms with Crippen molar-refractivity contribution < 1.29 is 14.3 Å². The zero-order valence-electron chi connectivity index (χ0n) is 11.9. The van der Waals surface area contributed by atoms with Crippen LogP contribution in [-0.2, 0) is 15.1 Å². The van der Waals surface area contributed by atoms with Gasteiger partial charge in [-0.2, -0.15) is 0 Å². The van der Waals surface area contributed by atoms with E-state index in [2.05, 4.69) is 9.97 Å². The van der Waals surface area contributed by atoms with Crippen LogP contribution in [0.1, 0.15) is 33.4 Å². The molecule has 0 saturated carbocycles. The Bertz CT molecular complexity index is 456. The van der Waals surface area contributed by atoms with Crippen molar-refractivity contribution in [1.29, 1.82) is 0 Å². The van der Waals surface area contributed by atoms with Crippen LogP contribution in [0.2, 0.25) is 0 Å². The lowest BCUT2D eigenvalue weighted by Crippen LogP contribution is -2.48. The quantitative estimate of drug-likeness (QED) is 0.779. The number of hydrogen-bond acceptors (Lipinski definition) is 5. The van der Waals surface area contributed by atoms with Crippen molar-refractivity contribution in [1.82, 2.24) is 14.9 Å². The van der Waals surface area contributed by atoms with Gasteiger partial charge in [0.2, 0.25) is 0 Å². The number of ether oxygens (including phenoxy) is 1. The van der Waals surface area contributed by atoms with Crippen molar-refractivity contribution in [2.24, 2.45) is 0 Å². The first-order valence-electron chi connectivity index (χ1n) is 5.90. The Hall–Kier alpha value is -1.98. The van der Waals surface area contributed by atoms with E-state index in [0.717, 1.165) is 0 Å². The summed E-state index contributed by atoms with van der Waals surface area (Å²) in [5.74, 6) is 0. The molecule has 0 aliphatic heterocycles. The monoisotopic (exact) mass is 265 g/mol. The van der Waals surface area contributed by atoms with Crippen LogP contribution in [0.4, 0.5) is 4.79 Å². The minimum Gasteiger partial charge on any atom is -0.444 e. The number of nitrogens with zero attached hydrogens (tertiary/aromatic N) is 3. The molecule has 6 heteroatoms. The second-order valence-electron chi connectivity index (χ2n) is 5.40. The van der Waals surface area contributed by atoms with Crippen molar-refractivity contribution in [3.05, 3.63) is 24.3 Å². The van der Waals surface area contributed by atoms with Gasteiger partial charge in [0, 0.05) is 19.4 Å². The molecule has 1 atom stereocenters. The SMILES string of the molecule is CN(C(=O)OC(C)(C)C)C(C)(C=O)c1cnccn1. The molecule has 0 aliphatic carbocycles. The molecular formula is C13H19N3O3. The van der Waals surface area contributed by atoms with Gasteiger partial charge in [0.05, 0.1) is 11.9 Å². The Morgan fingerprint density at radius 2 is 1.95 bits per heavy atom. The molecule has 0 aromatic carbocycles. The summed E-state index contributed by atoms with van der Waals surface area (Å²) in [5, 5.41) is 0. The molecule has 1 aromatic rings. The Labute approximate surface area is 112 Å². The average Bonchev–Trinajstić information content (AvgIpc) is 2.36. The third-order valence-corrected chi connectivity index (χ3v) is 2.68. The number of hydrogen-bond donors (Lipinski definition) is 0. The van der Waals surface area contributed by atoms with Crippen LogP contribution < -0.4 is 0 Å². The Morgan fingerprint density at radius 1 is 1.32 bits per heavy atom. The van der Waals surface area contributed by atoms with Gasteiger partial charge in [0.25, 0.3) is 0 Å². The number of carbonyl (C=O) groups is 2. The molecule has 0 saturated heterocycles. The molecule has 104 valence electrons. The van der Waals surface area contributed by atoms with Gasteiger partial charge < -0.3 is 9.53 Å². The third kappa shape index (κ3) is 3.49. The molecular weight excluding hydrogens is 246 g/mol. The second-order valence-corrected chi connectivity index (χ2v) is 5.40. The fraction of sp³-hybridized carbons (Fsp3) is 0.538. The van der Waals surface area contributed by atoms with Gasteiger partial charge in [-0.3, -0.25) is 14.9 Å². The molecule has 1 aromatic heterocycles. The van der Waals surface area contributed by atoms with Crippen LogP contribution in [0.15, 0.2) is 18.6 Å². The molecule has 0 spiro atoms. The fourth-order valence-corrected chi connectivity index (χ4v) is 1.39. The fourth-order valence-electron chi connectivity index (χ4n) is 1.39. The zero-order chi connectivity index (χ0) is 14.7. The molecule has 1 amide bonds. The third-order valence-electron chi connectivity index (χ3n) is 2.68. The lowest BCUT2D eigenvalue weighted by molar-refractivity contribution is -0.117. The smallest absolute Gasteiger partial charge is 0.411 e. The predicted octanol–water partition coefficient (Wildman–Crippen LogP) is 1.76. The van der Waals surface area contributed by atoms with Crippen molar-refractivity contribution in [2.45, 2.75) is 38.8 Å². The number of aromatic nitrogens is 2. The highest BCUT2D eigenvalue weighted by Crippen LogP contribution is 2.24. The summed E-state index contributed by atoms with van der Waals surface area (Å²) in [4.78, 5) is 32.7. The topological polar surface area (TPSA) is 72.4 Å². The van der Waals surface area contributed by atoms with Gasteiger partial charge in [0.15, 0.2) is 6.29 Å². The summed E-state index contributed by atoms with van der Waals surface area (Å²) in [6.07, 6.45) is 4.49. The van der Waals surface area contributed by atoms with E-state index in [0.29, 0.717) is 12.0 Å². The maximum absolute atomic E-state index is 12.0. The van der Waals surface area contributed by atoms with Crippen LogP contribution in [0.5, 0.6) is 0 Å². The van der Waals surface area contributed by atoms with Crippen LogP contribution in [0.25, 0.3) is 0 Å². The van der Waals surface area contributed by atoms with Gasteiger partial charge >= 0.3 is 6.09 Å². The highest BCUT2D eigenvalue weighted by molar-refractivity contribution is 5.77. The van der Waals surface area contributed by atoms with Gasteiger partial charge in [-0.05, 0) is 27.7 Å². The van der Waals surface area contributed by atoms with E-state index in [1.54, 1.807) is 27.7 Å². The van der Waals surface area contributed by atoms with Crippen molar-refractivity contribution in [3.63, 3.8) is 0 Å². The lowest BCUT2D eigenvalue weighted by Gasteiger charge is -2.34. The molecule has 0 aliphatic rings. The van der Waals surface area contributed by atoms with Crippen LogP contribution >= 0.6 is 0 Å². The average molecular weight is 265 g/mol. The van der Waals surface area contributed by atoms with E-state index in [1.807, 2.05) is 0 Å². The zero-order valence-corrected chi connectivity index (χ0v) is 11.9. The summed E-state index contributed by atoms with van der Waals surface area (Å²) >= 11 is 0. The molecule has 6 nitrogen and oxygen atoms in total. The highest BCUT2D eigenvalue weighted by Gasteiger charge is 2.38. The first-order valence-corrected chi connectivity index (χ1v) is 5.90. The number of rotatable bonds is 3. The molecule has 1 unspecified atom stereocenters. The summed E-state index contributed by atoms with van der Waals surface area (Å²) in [7, 11) is 1.50. The van der Waals surface area contributed by atoms with Crippen molar-refractivity contribution in [3.8, 4) is 0 Å². The van der Waals surface area contributed by atoms with Gasteiger partial charge in [-0.1, -0.05) is 0 Å². The maximum atomic E-state index is 12.0. The van der Waals surface area contributed by atoms with E-state index in [4.69, 9.17) is 4.74 Å². The normalized spacial score (nSPS) is 14.4. The molecule has 0 fully saturated rings. The molecule has 0 N–H and O–H groups in total. The molecule has 19 heavy (non-hydrogen) atoms. The van der Waals surface area contributed by atoms with Gasteiger partial charge in [0.1, 0.15) is 11.1 Å². The van der Waals surface area contributed by atoms with E-state index in [1.165, 1.54) is 30.5 Å². The number of carbonyl (C=O) groups excluding carboxylic acids is 2. The molecule has 0 bridgehead atoms. The van der Waals surface area contributed by atoms with Gasteiger partial charge in [-0.15, -0.1) is 0 Å². The van der Waals surface area contributed by atoms with E-state index in [9.17, 15) is 9.59 Å². The first-order chi connectivity index (χ1) is 8.70. The second kappa shape index (κ2) is 5.34. The number of aldehydes is 1. The minimum absolute atomic E-state index is 0.387. The Balaban J connectivity index is 3.03.